The second kappa shape index (κ2) is 53.7. The lowest BCUT2D eigenvalue weighted by atomic mass is 9.97. The Balaban J connectivity index is 1.23. The molecule has 23 N–H and O–H groups in total. The number of carboxylic acid groups (broad SMARTS) is 1. The van der Waals surface area contributed by atoms with E-state index in [4.69, 9.17) is 28.7 Å². The van der Waals surface area contributed by atoms with Crippen molar-refractivity contribution in [2.45, 2.75) is 255 Å². The van der Waals surface area contributed by atoms with Crippen LogP contribution in [-0.4, -0.2) is 203 Å². The van der Waals surface area contributed by atoms with Crippen LogP contribution in [0.15, 0.2) is 146 Å². The van der Waals surface area contributed by atoms with Crippen LogP contribution in [0.5, 0.6) is 5.75 Å². The van der Waals surface area contributed by atoms with Gasteiger partial charge in [-0.15, -0.1) is 0 Å². The Kier molecular flexibility index (Phi) is 43.9. The fraction of sp³-hybridized carbons (Fsp3) is 0.527. The zero-order valence-corrected chi connectivity index (χ0v) is 72.0. The fourth-order valence-corrected chi connectivity index (χ4v) is 14.6. The van der Waals surface area contributed by atoms with E-state index in [-0.39, 0.29) is 101 Å². The van der Waals surface area contributed by atoms with E-state index in [2.05, 4.69) is 58.5 Å². The number of carbonyl (C=O) groups excluding carboxylic acids is 12. The lowest BCUT2D eigenvalue weighted by Crippen LogP contribution is -2.61. The van der Waals surface area contributed by atoms with Gasteiger partial charge in [0.2, 0.25) is 70.9 Å². The first kappa shape index (κ1) is 101. The van der Waals surface area contributed by atoms with Crippen LogP contribution in [0, 0.1) is 17.8 Å². The van der Waals surface area contributed by atoms with Gasteiger partial charge in [-0.1, -0.05) is 181 Å². The largest absolute Gasteiger partial charge is 0.508 e. The van der Waals surface area contributed by atoms with Crippen LogP contribution in [0.3, 0.4) is 0 Å². The Labute approximate surface area is 722 Å². The highest BCUT2D eigenvalue weighted by molar-refractivity contribution is 6.00. The Morgan fingerprint density at radius 1 is 0.350 bits per heavy atom. The predicted octanol–water partition coefficient (Wildman–Crippen LogP) is 2.91. The van der Waals surface area contributed by atoms with Crippen molar-refractivity contribution in [1.82, 2.24) is 63.4 Å². The van der Waals surface area contributed by atoms with E-state index < -0.39 is 161 Å². The Morgan fingerprint density at radius 2 is 0.650 bits per heavy atom. The molecule has 32 heteroatoms. The number of phenols is 1. The molecule has 5 aromatic carbocycles. The van der Waals surface area contributed by atoms with E-state index in [1.165, 1.54) is 17.0 Å². The van der Waals surface area contributed by atoms with Crippen LogP contribution in [-0.2, 0) is 94.4 Å². The van der Waals surface area contributed by atoms with Crippen molar-refractivity contribution in [3.8, 4) is 5.75 Å². The molecule has 0 radical (unpaired) electrons. The zero-order valence-electron chi connectivity index (χ0n) is 72.0. The van der Waals surface area contributed by atoms with Crippen LogP contribution in [0.4, 0.5) is 0 Å². The highest BCUT2D eigenvalue weighted by Crippen LogP contribution is 2.24. The molecule has 1 aliphatic rings. The number of carboxylic acids is 1. The summed E-state index contributed by atoms with van der Waals surface area (Å²) < 4.78 is 0. The Morgan fingerprint density at radius 3 is 1.02 bits per heavy atom. The molecule has 672 valence electrons. The first-order valence-electron chi connectivity index (χ1n) is 43.3. The maximum atomic E-state index is 15.3. The number of phenolic OH excluding ortho intramolecular Hbond substituents is 1. The summed E-state index contributed by atoms with van der Waals surface area (Å²) in [6.45, 7) is 12.1. The summed E-state index contributed by atoms with van der Waals surface area (Å²) in [4.78, 5) is 191. The van der Waals surface area contributed by atoms with Crippen LogP contribution in [0.1, 0.15) is 172 Å². The summed E-state index contributed by atoms with van der Waals surface area (Å²) in [6.07, 6.45) is 4.75. The summed E-state index contributed by atoms with van der Waals surface area (Å²) in [6, 6.07) is 24.2. The van der Waals surface area contributed by atoms with Crippen LogP contribution in [0.25, 0.3) is 0 Å². The van der Waals surface area contributed by atoms with Crippen molar-refractivity contribution in [1.29, 1.82) is 0 Å². The molecule has 1 fully saturated rings. The summed E-state index contributed by atoms with van der Waals surface area (Å²) in [5.41, 5.74) is 32.3. The van der Waals surface area contributed by atoms with Crippen LogP contribution in [0.2, 0.25) is 0 Å². The molecule has 12 amide bonds. The molecule has 13 atom stereocenters. The van der Waals surface area contributed by atoms with Crippen molar-refractivity contribution < 1.29 is 72.5 Å². The first-order valence-corrected chi connectivity index (χ1v) is 43.3. The second-order valence-corrected chi connectivity index (χ2v) is 33.0. The van der Waals surface area contributed by atoms with Gasteiger partial charge in [0.05, 0.1) is 6.04 Å². The molecule has 6 rings (SSSR count). The Bertz CT molecular complexity index is 4150. The van der Waals surface area contributed by atoms with Gasteiger partial charge in [-0.3, -0.25) is 57.5 Å². The van der Waals surface area contributed by atoms with Crippen molar-refractivity contribution >= 4 is 76.9 Å². The minimum Gasteiger partial charge on any atom is -0.508 e. The highest BCUT2D eigenvalue weighted by atomic mass is 16.4. The molecule has 0 aromatic heterocycles. The predicted molar refractivity (Wildman–Crippen MR) is 469 cm³/mol. The van der Waals surface area contributed by atoms with E-state index >= 15 is 24.0 Å². The Hall–Kier alpha value is -11.2. The van der Waals surface area contributed by atoms with Crippen LogP contribution < -0.4 is 87.2 Å². The van der Waals surface area contributed by atoms with Crippen molar-refractivity contribution in [3.63, 3.8) is 0 Å². The number of rotatable bonds is 55. The number of aliphatic carboxylic acids is 1. The number of nitrogens with one attached hydrogen (secondary N) is 11. The molecule has 0 aliphatic carbocycles. The van der Waals surface area contributed by atoms with Gasteiger partial charge in [0.1, 0.15) is 78.3 Å². The molecule has 5 aromatic rings. The number of hydrogen-bond acceptors (Lipinski definition) is 19. The molecular weight excluding hydrogens is 1570 g/mol. The number of benzene rings is 5. The second-order valence-electron chi connectivity index (χ2n) is 33.0. The van der Waals surface area contributed by atoms with E-state index in [9.17, 15) is 48.6 Å². The molecule has 123 heavy (non-hydrogen) atoms. The zero-order chi connectivity index (χ0) is 89.9. The molecular formula is C91H133N17O15. The lowest BCUT2D eigenvalue weighted by molar-refractivity contribution is -0.143. The van der Waals surface area contributed by atoms with E-state index in [0.29, 0.717) is 112 Å². The summed E-state index contributed by atoms with van der Waals surface area (Å²) in [7, 11) is 0. The molecule has 1 saturated heterocycles. The molecule has 1 aliphatic heterocycles. The number of nitrogens with two attached hydrogens (primary N) is 5. The minimum absolute atomic E-state index is 0.0678. The van der Waals surface area contributed by atoms with Gasteiger partial charge in [-0.25, -0.2) is 4.79 Å². The maximum Gasteiger partial charge on any atom is 0.326 e. The number of hydrogen-bond donors (Lipinski definition) is 18. The van der Waals surface area contributed by atoms with Gasteiger partial charge < -0.3 is 102 Å². The third kappa shape index (κ3) is 35.3. The quantitative estimate of drug-likeness (QED) is 0.0249. The number of likely N-dealkylation sites (tertiary alicyclic amines) is 1. The molecule has 1 heterocycles. The van der Waals surface area contributed by atoms with E-state index in [0.717, 1.165) is 0 Å². The molecule has 0 unspecified atom stereocenters. The number of aromatic hydroxyl groups is 1. The van der Waals surface area contributed by atoms with E-state index in [1.807, 2.05) is 27.7 Å². The number of nitrogens with zero attached hydrogens (tertiary/aromatic N) is 1. The standard InChI is InChI=1S/C91H133N17O15/c1-57(2)50-70(100-82(113)69(39-22-26-48-95)99-81(112)68(38-21-25-47-94)98-80(111)67(37-20-24-46-93)97-79(110)66(96)36-19-23-45-92)87(118)107-78(59(5)6)89(120)105-75(51-58(3)4)90(121)108-49-27-40-77(108)88(119)104-74(54-62-32-15-9-16-33-62)85(116)103-73(55-64-41-43-65(109)44-42-64)84(115)101-71(52-60-28-11-7-12-29-60)83(114)102-72(53-61-30-13-8-14-31-61)86(117)106-76(91(122)123)56-63-34-17-10-18-35-63/h7-18,28-35,41-44,57-59,66-78,109H,19-27,36-40,45-56,92-96H2,1-6H3,(H,97,110)(H,98,111)(H,99,112)(H,100,113)(H,101,115)(H,102,114)(H,103,116)(H,104,119)(H,105,120)(H,106,117)(H,107,118)(H,122,123)/t66-,67-,68-,69-,70-,71-,72-,73-,74-,75-,76-,77-,78-/m0/s1. The number of amides is 12. The summed E-state index contributed by atoms with van der Waals surface area (Å²) >= 11 is 0. The number of carbonyl (C=O) groups is 13. The normalized spacial score (nSPS) is 15.5. The summed E-state index contributed by atoms with van der Waals surface area (Å²) in [5.74, 6) is -11.3. The molecule has 0 bridgehead atoms. The average Bonchev–Trinajstić information content (AvgIpc) is 1.71. The molecule has 0 spiro atoms. The van der Waals surface area contributed by atoms with Crippen molar-refractivity contribution in [2.75, 3.05) is 32.7 Å². The van der Waals surface area contributed by atoms with Crippen LogP contribution >= 0.6 is 0 Å². The molecule has 0 saturated carbocycles. The van der Waals surface area contributed by atoms with E-state index in [1.54, 1.807) is 147 Å². The fourth-order valence-electron chi connectivity index (χ4n) is 14.6. The first-order chi connectivity index (χ1) is 58.9. The number of unbranched alkanes of at least 4 members (excludes halogenated alkanes) is 4. The lowest BCUT2D eigenvalue weighted by Gasteiger charge is -2.32. The van der Waals surface area contributed by atoms with Gasteiger partial charge in [0, 0.05) is 38.6 Å². The third-order valence-corrected chi connectivity index (χ3v) is 21.4. The van der Waals surface area contributed by atoms with Crippen molar-refractivity contribution in [3.05, 3.63) is 173 Å². The monoisotopic (exact) mass is 1700 g/mol. The van der Waals surface area contributed by atoms with Gasteiger partial charge >= 0.3 is 5.97 Å². The average molecular weight is 1710 g/mol. The van der Waals surface area contributed by atoms with Gasteiger partial charge in [0.25, 0.3) is 0 Å². The van der Waals surface area contributed by atoms with Gasteiger partial charge in [0.15, 0.2) is 0 Å². The topological polar surface area (TPSA) is 528 Å². The third-order valence-electron chi connectivity index (χ3n) is 21.4. The highest BCUT2D eigenvalue weighted by Gasteiger charge is 2.42. The smallest absolute Gasteiger partial charge is 0.326 e. The van der Waals surface area contributed by atoms with Gasteiger partial charge in [-0.05, 0) is 180 Å². The maximum absolute atomic E-state index is 15.3. The van der Waals surface area contributed by atoms with Crippen molar-refractivity contribution in [2.24, 2.45) is 46.4 Å². The minimum atomic E-state index is -1.50. The SMILES string of the molecule is CC(C)C[C@H](NC(=O)[C@H](CCCCN)NC(=O)[C@H](CCCCN)NC(=O)[C@H](CCCCN)NC(=O)[C@@H](N)CCCCN)C(=O)N[C@H](C(=O)N[C@@H](CC(C)C)C(=O)N1CCC[C@H]1C(=O)N[C@@H](Cc1ccccc1)C(=O)N[C@@H](Cc1ccc(O)cc1)C(=O)N[C@@H](Cc1ccccc1)C(=O)N[C@@H](Cc1ccccc1)C(=O)N[C@@H](Cc1ccccc1)C(=O)O)C(C)C. The van der Waals surface area contributed by atoms with Gasteiger partial charge in [-0.2, -0.15) is 0 Å². The molecule has 32 nitrogen and oxygen atoms in total. The summed E-state index contributed by atoms with van der Waals surface area (Å²) in [5, 5.41) is 51.7.